The molecule has 1 heterocycles. The number of methoxy groups -OCH3 is 1. The highest BCUT2D eigenvalue weighted by Gasteiger charge is 2.52. The molecule has 35 heavy (non-hydrogen) atoms. The van der Waals surface area contributed by atoms with E-state index in [0.29, 0.717) is 5.56 Å². The van der Waals surface area contributed by atoms with Crippen molar-refractivity contribution in [2.24, 2.45) is 0 Å². The summed E-state index contributed by atoms with van der Waals surface area (Å²) in [4.78, 5) is 49.0. The van der Waals surface area contributed by atoms with E-state index >= 15 is 0 Å². The number of carbonyl (C=O) groups excluding carboxylic acids is 4. The smallest absolute Gasteiger partial charge is 0.338 e. The quantitative estimate of drug-likeness (QED) is 0.405. The molecule has 186 valence electrons. The summed E-state index contributed by atoms with van der Waals surface area (Å²) < 4.78 is 32.9. The Morgan fingerprint density at radius 2 is 1.23 bits per heavy atom. The first-order chi connectivity index (χ1) is 16.8. The Labute approximate surface area is 202 Å². The zero-order valence-electron chi connectivity index (χ0n) is 19.4. The van der Waals surface area contributed by atoms with Crippen molar-refractivity contribution in [1.29, 1.82) is 0 Å². The first-order valence-corrected chi connectivity index (χ1v) is 10.8. The number of hydrogen-bond donors (Lipinski definition) is 0. The standard InChI is InChI=1S/C25H26O10/c1-15(26)32-21-20(35-24(29)18-12-8-5-9-13-18)19(34-25(30-3)22(21)33-16(2)27)14-31-23(28)17-10-6-4-7-11-17/h4-13,19-22,25H,14H2,1-3H3/t19-,20-,21+,22-,25+/m1/s1. The molecule has 1 aliphatic heterocycles. The van der Waals surface area contributed by atoms with Crippen LogP contribution in [0.1, 0.15) is 34.6 Å². The Morgan fingerprint density at radius 3 is 1.74 bits per heavy atom. The van der Waals surface area contributed by atoms with E-state index in [-0.39, 0.29) is 12.2 Å². The molecule has 0 aliphatic carbocycles. The van der Waals surface area contributed by atoms with Crippen LogP contribution in [-0.4, -0.2) is 68.3 Å². The molecule has 0 saturated carbocycles. The maximum atomic E-state index is 12.9. The molecule has 10 nitrogen and oxygen atoms in total. The van der Waals surface area contributed by atoms with Crippen molar-refractivity contribution in [3.05, 3.63) is 71.8 Å². The van der Waals surface area contributed by atoms with Gasteiger partial charge >= 0.3 is 23.9 Å². The van der Waals surface area contributed by atoms with Crippen LogP contribution < -0.4 is 0 Å². The molecular weight excluding hydrogens is 460 g/mol. The minimum Gasteiger partial charge on any atom is -0.459 e. The molecule has 1 saturated heterocycles. The SMILES string of the molecule is CO[C@H]1O[C@H](COC(=O)c2ccccc2)[C@@H](OC(=O)c2ccccc2)[C@H](OC(C)=O)[C@H]1OC(C)=O. The van der Waals surface area contributed by atoms with Crippen molar-refractivity contribution in [3.8, 4) is 0 Å². The molecule has 10 heteroatoms. The molecular formula is C25H26O10. The fourth-order valence-electron chi connectivity index (χ4n) is 3.57. The Hall–Kier alpha value is -3.76. The van der Waals surface area contributed by atoms with Crippen LogP contribution in [0, 0.1) is 0 Å². The molecule has 0 N–H and O–H groups in total. The summed E-state index contributed by atoms with van der Waals surface area (Å²) in [6.45, 7) is 1.95. The number of ether oxygens (including phenoxy) is 6. The first kappa shape index (κ1) is 25.9. The summed E-state index contributed by atoms with van der Waals surface area (Å²) >= 11 is 0. The van der Waals surface area contributed by atoms with Gasteiger partial charge in [0.25, 0.3) is 0 Å². The van der Waals surface area contributed by atoms with Gasteiger partial charge in [0, 0.05) is 21.0 Å². The summed E-state index contributed by atoms with van der Waals surface area (Å²) in [5.74, 6) is -2.79. The molecule has 3 rings (SSSR count). The van der Waals surface area contributed by atoms with Gasteiger partial charge in [-0.25, -0.2) is 9.59 Å². The van der Waals surface area contributed by atoms with E-state index in [1.54, 1.807) is 60.7 Å². The minimum atomic E-state index is -1.30. The van der Waals surface area contributed by atoms with Crippen molar-refractivity contribution in [2.75, 3.05) is 13.7 Å². The summed E-state index contributed by atoms with van der Waals surface area (Å²) in [6, 6.07) is 16.4. The number of carbonyl (C=O) groups is 4. The molecule has 0 unspecified atom stereocenters. The lowest BCUT2D eigenvalue weighted by Gasteiger charge is -2.43. The highest BCUT2D eigenvalue weighted by Crippen LogP contribution is 2.30. The van der Waals surface area contributed by atoms with Crippen LogP contribution in [0.3, 0.4) is 0 Å². The van der Waals surface area contributed by atoms with Crippen LogP contribution in [0.4, 0.5) is 0 Å². The average Bonchev–Trinajstić information content (AvgIpc) is 2.85. The van der Waals surface area contributed by atoms with Gasteiger partial charge in [0.2, 0.25) is 0 Å². The lowest BCUT2D eigenvalue weighted by atomic mass is 9.98. The summed E-state index contributed by atoms with van der Waals surface area (Å²) in [6.07, 6.45) is -6.17. The molecule has 1 aliphatic rings. The van der Waals surface area contributed by atoms with E-state index < -0.39 is 54.6 Å². The topological polar surface area (TPSA) is 124 Å². The van der Waals surface area contributed by atoms with Gasteiger partial charge in [0.05, 0.1) is 11.1 Å². The predicted molar refractivity (Wildman–Crippen MR) is 119 cm³/mol. The van der Waals surface area contributed by atoms with E-state index in [0.717, 1.165) is 13.8 Å². The van der Waals surface area contributed by atoms with Gasteiger partial charge in [-0.3, -0.25) is 9.59 Å². The normalized spacial score (nSPS) is 23.6. The Balaban J connectivity index is 1.90. The second-order valence-corrected chi connectivity index (χ2v) is 7.63. The molecule has 2 aromatic rings. The van der Waals surface area contributed by atoms with Crippen LogP contribution in [0.5, 0.6) is 0 Å². The van der Waals surface area contributed by atoms with Crippen molar-refractivity contribution < 1.29 is 47.6 Å². The molecule has 1 fully saturated rings. The largest absolute Gasteiger partial charge is 0.459 e. The lowest BCUT2D eigenvalue weighted by molar-refractivity contribution is -0.299. The molecule has 0 amide bonds. The predicted octanol–water partition coefficient (Wildman–Crippen LogP) is 2.30. The Bertz CT molecular complexity index is 1020. The van der Waals surface area contributed by atoms with Gasteiger partial charge in [-0.2, -0.15) is 0 Å². The fourth-order valence-corrected chi connectivity index (χ4v) is 3.57. The number of benzene rings is 2. The van der Waals surface area contributed by atoms with Gasteiger partial charge < -0.3 is 28.4 Å². The first-order valence-electron chi connectivity index (χ1n) is 10.8. The van der Waals surface area contributed by atoms with E-state index in [2.05, 4.69) is 0 Å². The monoisotopic (exact) mass is 486 g/mol. The van der Waals surface area contributed by atoms with Crippen LogP contribution in [0.2, 0.25) is 0 Å². The molecule has 5 atom stereocenters. The van der Waals surface area contributed by atoms with E-state index in [4.69, 9.17) is 28.4 Å². The average molecular weight is 486 g/mol. The zero-order chi connectivity index (χ0) is 25.4. The van der Waals surface area contributed by atoms with Crippen LogP contribution >= 0.6 is 0 Å². The van der Waals surface area contributed by atoms with E-state index in [1.165, 1.54) is 7.11 Å². The van der Waals surface area contributed by atoms with Gasteiger partial charge in [-0.15, -0.1) is 0 Å². The number of hydrogen-bond acceptors (Lipinski definition) is 10. The number of rotatable bonds is 8. The van der Waals surface area contributed by atoms with E-state index in [9.17, 15) is 19.2 Å². The van der Waals surface area contributed by atoms with Crippen LogP contribution in [-0.2, 0) is 38.0 Å². The zero-order valence-corrected chi connectivity index (χ0v) is 19.4. The molecule has 0 bridgehead atoms. The van der Waals surface area contributed by atoms with Gasteiger partial charge in [-0.1, -0.05) is 36.4 Å². The van der Waals surface area contributed by atoms with Crippen molar-refractivity contribution >= 4 is 23.9 Å². The van der Waals surface area contributed by atoms with Crippen LogP contribution in [0.25, 0.3) is 0 Å². The van der Waals surface area contributed by atoms with Crippen molar-refractivity contribution in [2.45, 2.75) is 44.6 Å². The van der Waals surface area contributed by atoms with Gasteiger partial charge in [-0.05, 0) is 24.3 Å². The van der Waals surface area contributed by atoms with Gasteiger partial charge in [0.1, 0.15) is 12.7 Å². The third-order valence-corrected chi connectivity index (χ3v) is 5.07. The van der Waals surface area contributed by atoms with Crippen molar-refractivity contribution in [3.63, 3.8) is 0 Å². The molecule has 0 radical (unpaired) electrons. The van der Waals surface area contributed by atoms with Crippen LogP contribution in [0.15, 0.2) is 60.7 Å². The molecule has 0 spiro atoms. The molecule has 0 aromatic heterocycles. The second-order valence-electron chi connectivity index (χ2n) is 7.63. The summed E-state index contributed by atoms with van der Waals surface area (Å²) in [5, 5.41) is 0. The summed E-state index contributed by atoms with van der Waals surface area (Å²) in [7, 11) is 1.30. The third-order valence-electron chi connectivity index (χ3n) is 5.07. The minimum absolute atomic E-state index is 0.229. The fraction of sp³-hybridized carbons (Fsp3) is 0.360. The maximum Gasteiger partial charge on any atom is 0.338 e. The second kappa shape index (κ2) is 12.1. The Morgan fingerprint density at radius 1 is 0.714 bits per heavy atom. The lowest BCUT2D eigenvalue weighted by Crippen LogP contribution is -2.62. The molecule has 2 aromatic carbocycles. The Kier molecular flexibility index (Phi) is 8.93. The van der Waals surface area contributed by atoms with Crippen molar-refractivity contribution in [1.82, 2.24) is 0 Å². The van der Waals surface area contributed by atoms with Gasteiger partial charge in [0.15, 0.2) is 24.6 Å². The van der Waals surface area contributed by atoms with E-state index in [1.807, 2.05) is 0 Å². The highest BCUT2D eigenvalue weighted by molar-refractivity contribution is 5.90. The maximum absolute atomic E-state index is 12.9. The number of esters is 4. The summed E-state index contributed by atoms with van der Waals surface area (Å²) in [5.41, 5.74) is 0.533. The highest BCUT2D eigenvalue weighted by atomic mass is 16.7. The third kappa shape index (κ3) is 6.87.